The fraction of sp³-hybridized carbons (Fsp3) is 0.214. The maximum atomic E-state index is 16.7. The van der Waals surface area contributed by atoms with Crippen molar-refractivity contribution in [1.29, 1.82) is 0 Å². The van der Waals surface area contributed by atoms with E-state index in [0.29, 0.717) is 42.2 Å². The molecular weight excluding hydrogens is 641 g/mol. The fourth-order valence-electron chi connectivity index (χ4n) is 7.49. The van der Waals surface area contributed by atoms with Crippen LogP contribution in [0.5, 0.6) is 5.75 Å². The van der Waals surface area contributed by atoms with E-state index in [2.05, 4.69) is 14.9 Å². The minimum atomic E-state index is -1.56. The highest BCUT2D eigenvalue weighted by Crippen LogP contribution is 2.42. The molecule has 8 bridgehead atoms. The molecule has 0 aliphatic carbocycles. The molecule has 0 amide bonds. The molecule has 6 heterocycles. The number of carboxylic acid groups (broad SMARTS) is 1. The van der Waals surface area contributed by atoms with E-state index in [1.165, 1.54) is 0 Å². The molecule has 51 heavy (non-hydrogen) atoms. The molecule has 3 N–H and O–H groups in total. The number of ether oxygens (including phenoxy) is 1. The van der Waals surface area contributed by atoms with Crippen LogP contribution in [-0.4, -0.2) is 62.2 Å². The average Bonchev–Trinajstić information content (AvgIpc) is 3.96. The summed E-state index contributed by atoms with van der Waals surface area (Å²) < 4.78 is 22.1. The second-order valence-electron chi connectivity index (χ2n) is 13.4. The Bertz CT molecular complexity index is 2320. The van der Waals surface area contributed by atoms with Crippen molar-refractivity contribution >= 4 is 51.8 Å². The number of aromatic amines is 2. The fourth-order valence-corrected chi connectivity index (χ4v) is 7.49. The number of halogens is 1. The highest BCUT2D eigenvalue weighted by Gasteiger charge is 2.43. The van der Waals surface area contributed by atoms with Crippen molar-refractivity contribution in [1.82, 2.24) is 24.8 Å². The van der Waals surface area contributed by atoms with E-state index < -0.39 is 23.6 Å². The van der Waals surface area contributed by atoms with E-state index in [1.807, 2.05) is 109 Å². The third-order valence-electron chi connectivity index (χ3n) is 10.1. The largest absolute Gasteiger partial charge is 0.497 e. The van der Waals surface area contributed by atoms with Gasteiger partial charge in [-0.1, -0.05) is 42.5 Å². The average molecular weight is 680 g/mol. The lowest BCUT2D eigenvalue weighted by atomic mass is 9.81. The zero-order valence-corrected chi connectivity index (χ0v) is 28.2. The summed E-state index contributed by atoms with van der Waals surface area (Å²) in [5.41, 5.74) is 7.27. The molecule has 2 aromatic carbocycles. The summed E-state index contributed by atoms with van der Waals surface area (Å²) in [6, 6.07) is 32.2. The van der Waals surface area contributed by atoms with Crippen molar-refractivity contribution in [2.24, 2.45) is 5.92 Å². The summed E-state index contributed by atoms with van der Waals surface area (Å²) in [6.45, 7) is 0.735. The van der Waals surface area contributed by atoms with Crippen LogP contribution in [0.3, 0.4) is 0 Å². The first-order valence-electron chi connectivity index (χ1n) is 17.2. The standard InChI is InChI=1S/C42H38FN5O3/c1-51-36-9-5-8-28(21-36)42(43)16-18-48(19-17-42)40(38(41(49)50)20-27-6-3-2-4-7-27)37-25-35-24-33-13-12-31(45-33)22-29-10-11-30(44-29)23-32-14-15-34(46-32)26-39(37)47-35/h2-15,21-26,38,40,45-46H,16-20H2,1H3,(H,49,50). The first kappa shape index (κ1) is 32.4. The van der Waals surface area contributed by atoms with Crippen molar-refractivity contribution in [3.8, 4) is 5.75 Å². The number of methoxy groups -OCH3 is 1. The second kappa shape index (κ2) is 13.5. The summed E-state index contributed by atoms with van der Waals surface area (Å²) in [5.74, 6) is -1.13. The Morgan fingerprint density at radius 3 is 2.08 bits per heavy atom. The minimum absolute atomic E-state index is 0.218. The number of carboxylic acids is 1. The van der Waals surface area contributed by atoms with Gasteiger partial charge in [0, 0.05) is 35.2 Å². The summed E-state index contributed by atoms with van der Waals surface area (Å²) >= 11 is 0. The van der Waals surface area contributed by atoms with Gasteiger partial charge in [-0.15, -0.1) is 0 Å². The van der Waals surface area contributed by atoms with Crippen LogP contribution in [0.25, 0.3) is 45.9 Å². The van der Waals surface area contributed by atoms with Crippen LogP contribution >= 0.6 is 0 Å². The Hall–Kier alpha value is -5.80. The van der Waals surface area contributed by atoms with Crippen LogP contribution < -0.4 is 4.74 Å². The van der Waals surface area contributed by atoms with Crippen molar-refractivity contribution < 1.29 is 19.0 Å². The smallest absolute Gasteiger partial charge is 0.308 e. The van der Waals surface area contributed by atoms with Crippen LogP contribution in [0.4, 0.5) is 4.39 Å². The molecule has 3 aliphatic heterocycles. The maximum absolute atomic E-state index is 16.7. The molecule has 2 unspecified atom stereocenters. The predicted octanol–water partition coefficient (Wildman–Crippen LogP) is 8.31. The number of carbonyl (C=O) groups is 1. The van der Waals surface area contributed by atoms with Crippen LogP contribution in [-0.2, 0) is 16.9 Å². The van der Waals surface area contributed by atoms with Gasteiger partial charge in [0.1, 0.15) is 11.4 Å². The van der Waals surface area contributed by atoms with Gasteiger partial charge in [-0.3, -0.25) is 9.69 Å². The molecule has 3 aliphatic rings. The van der Waals surface area contributed by atoms with Gasteiger partial charge in [-0.05, 0) is 115 Å². The Morgan fingerprint density at radius 2 is 1.45 bits per heavy atom. The lowest BCUT2D eigenvalue weighted by molar-refractivity contribution is -0.143. The number of alkyl halides is 1. The van der Waals surface area contributed by atoms with Gasteiger partial charge in [-0.2, -0.15) is 0 Å². The van der Waals surface area contributed by atoms with Gasteiger partial charge in [0.05, 0.1) is 41.8 Å². The summed E-state index contributed by atoms with van der Waals surface area (Å²) in [5, 5.41) is 10.9. The second-order valence-corrected chi connectivity index (χ2v) is 13.4. The van der Waals surface area contributed by atoms with Crippen LogP contribution in [0.1, 0.15) is 46.7 Å². The number of aromatic nitrogens is 4. The number of aliphatic carboxylic acids is 1. The van der Waals surface area contributed by atoms with E-state index in [-0.39, 0.29) is 12.8 Å². The maximum Gasteiger partial charge on any atom is 0.308 e. The number of fused-ring (bicyclic) bond motifs is 8. The van der Waals surface area contributed by atoms with E-state index in [1.54, 1.807) is 19.2 Å². The highest BCUT2D eigenvalue weighted by atomic mass is 19.1. The van der Waals surface area contributed by atoms with Gasteiger partial charge >= 0.3 is 5.97 Å². The van der Waals surface area contributed by atoms with Gasteiger partial charge in [0.15, 0.2) is 0 Å². The zero-order chi connectivity index (χ0) is 35.0. The first-order valence-corrected chi connectivity index (χ1v) is 17.2. The number of nitrogens with one attached hydrogen (secondary N) is 2. The third kappa shape index (κ3) is 6.85. The number of hydrogen-bond acceptors (Lipinski definition) is 5. The van der Waals surface area contributed by atoms with Gasteiger partial charge in [0.2, 0.25) is 0 Å². The number of H-pyrrole nitrogens is 2. The van der Waals surface area contributed by atoms with E-state index in [4.69, 9.17) is 14.7 Å². The normalized spacial score (nSPS) is 16.7. The quantitative estimate of drug-likeness (QED) is 0.149. The number of piperidine rings is 1. The van der Waals surface area contributed by atoms with Crippen LogP contribution in [0.2, 0.25) is 0 Å². The summed E-state index contributed by atoms with van der Waals surface area (Å²) in [7, 11) is 1.58. The van der Waals surface area contributed by atoms with Crippen molar-refractivity contribution in [2.45, 2.75) is 31.0 Å². The van der Waals surface area contributed by atoms with E-state index in [0.717, 1.165) is 44.6 Å². The van der Waals surface area contributed by atoms with Crippen molar-refractivity contribution in [3.05, 3.63) is 137 Å². The molecule has 0 radical (unpaired) electrons. The monoisotopic (exact) mass is 679 g/mol. The van der Waals surface area contributed by atoms with Gasteiger partial charge in [-0.25, -0.2) is 14.4 Å². The third-order valence-corrected chi connectivity index (χ3v) is 10.1. The zero-order valence-electron chi connectivity index (χ0n) is 28.2. The SMILES string of the molecule is COc1cccc(C2(F)CCN(C(C3=Cc4cc5ccc(cc6nc(cc7ccc(cc3n4)[nH]7)C=C6)[nH]5)C(Cc3ccccc3)C(=O)O)CC2)c1. The van der Waals surface area contributed by atoms with Crippen molar-refractivity contribution in [2.75, 3.05) is 20.2 Å². The number of nitrogens with zero attached hydrogens (tertiary/aromatic N) is 3. The molecule has 8 nitrogen and oxygen atoms in total. The Labute approximate surface area is 295 Å². The molecule has 5 aromatic rings. The van der Waals surface area contributed by atoms with Gasteiger partial charge < -0.3 is 19.8 Å². The molecule has 9 heteroatoms. The Morgan fingerprint density at radius 1 is 0.824 bits per heavy atom. The summed E-state index contributed by atoms with van der Waals surface area (Å²) in [4.78, 5) is 32.2. The number of likely N-dealkylation sites (tertiary alicyclic amines) is 1. The number of benzene rings is 2. The molecule has 0 spiro atoms. The highest BCUT2D eigenvalue weighted by molar-refractivity contribution is 5.90. The minimum Gasteiger partial charge on any atom is -0.497 e. The lowest BCUT2D eigenvalue weighted by Gasteiger charge is -2.43. The predicted molar refractivity (Wildman–Crippen MR) is 199 cm³/mol. The van der Waals surface area contributed by atoms with Crippen LogP contribution in [0, 0.1) is 5.92 Å². The van der Waals surface area contributed by atoms with Gasteiger partial charge in [0.25, 0.3) is 0 Å². The van der Waals surface area contributed by atoms with E-state index >= 15 is 4.39 Å². The molecule has 1 fully saturated rings. The number of hydrogen-bond donors (Lipinski definition) is 3. The Kier molecular flexibility index (Phi) is 8.57. The molecule has 3 aromatic heterocycles. The molecule has 8 rings (SSSR count). The van der Waals surface area contributed by atoms with Crippen molar-refractivity contribution in [3.63, 3.8) is 0 Å². The van der Waals surface area contributed by atoms with Crippen LogP contribution in [0.15, 0.2) is 103 Å². The summed E-state index contributed by atoms with van der Waals surface area (Å²) in [6.07, 6.45) is 6.71. The molecule has 0 saturated carbocycles. The Balaban J connectivity index is 1.25. The molecular formula is C42H38FN5O3. The van der Waals surface area contributed by atoms with E-state index in [9.17, 15) is 9.90 Å². The first-order chi connectivity index (χ1) is 24.8. The topological polar surface area (TPSA) is 107 Å². The molecule has 1 saturated heterocycles. The lowest BCUT2D eigenvalue weighted by Crippen LogP contribution is -2.50. The number of rotatable bonds is 8. The molecule has 2 atom stereocenters. The molecule has 256 valence electrons.